The smallest absolute Gasteiger partial charge is 0.120 e. The molecule has 1 fully saturated rings. The van der Waals surface area contributed by atoms with E-state index in [1.165, 1.54) is 44.2 Å². The molecule has 1 aliphatic heterocycles. The fourth-order valence-electron chi connectivity index (χ4n) is 3.21. The van der Waals surface area contributed by atoms with Crippen LogP contribution in [0.25, 0.3) is 0 Å². The molecule has 0 aromatic carbocycles. The molecule has 1 aromatic heterocycles. The molecule has 0 spiro atoms. The summed E-state index contributed by atoms with van der Waals surface area (Å²) in [5.74, 6) is 2.24. The Hall–Kier alpha value is -0.800. The highest BCUT2D eigenvalue weighted by atomic mass is 16.3. The van der Waals surface area contributed by atoms with Crippen molar-refractivity contribution in [3.05, 3.63) is 23.2 Å². The molecular formula is C17H30N2O. The Morgan fingerprint density at radius 1 is 1.35 bits per heavy atom. The van der Waals surface area contributed by atoms with E-state index in [0.29, 0.717) is 0 Å². The molecule has 0 bridgehead atoms. The minimum absolute atomic E-state index is 0.761. The van der Waals surface area contributed by atoms with Crippen molar-refractivity contribution in [2.75, 3.05) is 13.1 Å². The number of rotatable bonds is 7. The van der Waals surface area contributed by atoms with Crippen molar-refractivity contribution in [1.29, 1.82) is 0 Å². The average Bonchev–Trinajstić information content (AvgIpc) is 2.79. The monoisotopic (exact) mass is 278 g/mol. The molecule has 3 nitrogen and oxygen atoms in total. The lowest BCUT2D eigenvalue weighted by molar-refractivity contribution is 0.121. The number of hydrogen-bond donors (Lipinski definition) is 1. The third kappa shape index (κ3) is 4.10. The van der Waals surface area contributed by atoms with Crippen molar-refractivity contribution in [3.8, 4) is 0 Å². The van der Waals surface area contributed by atoms with Gasteiger partial charge in [0.1, 0.15) is 11.5 Å². The molecule has 114 valence electrons. The highest BCUT2D eigenvalue weighted by molar-refractivity contribution is 5.20. The van der Waals surface area contributed by atoms with Crippen molar-refractivity contribution in [3.63, 3.8) is 0 Å². The van der Waals surface area contributed by atoms with E-state index in [1.54, 1.807) is 0 Å². The van der Waals surface area contributed by atoms with Gasteiger partial charge in [0, 0.05) is 6.04 Å². The number of furan rings is 1. The molecule has 2 rings (SSSR count). The summed E-state index contributed by atoms with van der Waals surface area (Å²) in [5, 5.41) is 3.34. The highest BCUT2D eigenvalue weighted by Crippen LogP contribution is 2.24. The summed E-state index contributed by atoms with van der Waals surface area (Å²) in [6.45, 7) is 10.6. The lowest BCUT2D eigenvalue weighted by Crippen LogP contribution is -2.38. The van der Waals surface area contributed by atoms with Crippen LogP contribution >= 0.6 is 0 Å². The molecule has 0 amide bonds. The van der Waals surface area contributed by atoms with Gasteiger partial charge in [-0.25, -0.2) is 0 Å². The summed E-state index contributed by atoms with van der Waals surface area (Å²) in [6.07, 6.45) is 6.69. The first-order valence-electron chi connectivity index (χ1n) is 8.27. The third-order valence-electron chi connectivity index (χ3n) is 4.34. The maximum Gasteiger partial charge on any atom is 0.120 e. The van der Waals surface area contributed by atoms with Crippen LogP contribution in [0.3, 0.4) is 0 Å². The molecule has 1 N–H and O–H groups in total. The van der Waals surface area contributed by atoms with E-state index < -0.39 is 0 Å². The van der Waals surface area contributed by atoms with Crippen LogP contribution in [0.15, 0.2) is 10.5 Å². The van der Waals surface area contributed by atoms with Crippen molar-refractivity contribution >= 4 is 0 Å². The van der Waals surface area contributed by atoms with Gasteiger partial charge in [0.2, 0.25) is 0 Å². The summed E-state index contributed by atoms with van der Waals surface area (Å²) in [4.78, 5) is 2.63. The quantitative estimate of drug-likeness (QED) is 0.821. The fraction of sp³-hybridized carbons (Fsp3) is 0.765. The second-order valence-electron chi connectivity index (χ2n) is 6.01. The van der Waals surface area contributed by atoms with Crippen molar-refractivity contribution < 1.29 is 4.42 Å². The number of nitrogens with one attached hydrogen (secondary N) is 1. The summed E-state index contributed by atoms with van der Waals surface area (Å²) in [5.41, 5.74) is 1.28. The van der Waals surface area contributed by atoms with E-state index in [9.17, 15) is 0 Å². The van der Waals surface area contributed by atoms with Gasteiger partial charge in [-0.05, 0) is 50.9 Å². The van der Waals surface area contributed by atoms with E-state index in [4.69, 9.17) is 4.42 Å². The second kappa shape index (κ2) is 7.84. The van der Waals surface area contributed by atoms with Gasteiger partial charge in [-0.15, -0.1) is 0 Å². The van der Waals surface area contributed by atoms with E-state index in [0.717, 1.165) is 37.2 Å². The Bertz CT molecular complexity index is 398. The highest BCUT2D eigenvalue weighted by Gasteiger charge is 2.22. The number of hydrogen-bond acceptors (Lipinski definition) is 3. The van der Waals surface area contributed by atoms with Crippen LogP contribution < -0.4 is 5.32 Å². The maximum atomic E-state index is 6.04. The SMILES string of the molecule is CCCC1CCCCN1Cc1cc(C)c(CNCC)o1. The molecule has 1 aromatic rings. The summed E-state index contributed by atoms with van der Waals surface area (Å²) < 4.78 is 6.04. The first kappa shape index (κ1) is 15.6. The van der Waals surface area contributed by atoms with Gasteiger partial charge >= 0.3 is 0 Å². The molecule has 2 heterocycles. The second-order valence-corrected chi connectivity index (χ2v) is 6.01. The zero-order chi connectivity index (χ0) is 14.4. The zero-order valence-electron chi connectivity index (χ0n) is 13.4. The zero-order valence-corrected chi connectivity index (χ0v) is 13.4. The van der Waals surface area contributed by atoms with Crippen LogP contribution in [-0.2, 0) is 13.1 Å². The van der Waals surface area contributed by atoms with Crippen LogP contribution in [0.2, 0.25) is 0 Å². The largest absolute Gasteiger partial charge is 0.463 e. The third-order valence-corrected chi connectivity index (χ3v) is 4.34. The van der Waals surface area contributed by atoms with Crippen LogP contribution in [0.4, 0.5) is 0 Å². The first-order valence-corrected chi connectivity index (χ1v) is 8.27. The first-order chi connectivity index (χ1) is 9.74. The van der Waals surface area contributed by atoms with Crippen LogP contribution in [0, 0.1) is 6.92 Å². The Balaban J connectivity index is 1.97. The predicted octanol–water partition coefficient (Wildman–Crippen LogP) is 3.85. The molecule has 1 aliphatic rings. The minimum Gasteiger partial charge on any atom is -0.463 e. The van der Waals surface area contributed by atoms with Crippen LogP contribution in [0.1, 0.15) is 63.0 Å². The van der Waals surface area contributed by atoms with Gasteiger partial charge in [-0.1, -0.05) is 26.7 Å². The topological polar surface area (TPSA) is 28.4 Å². The van der Waals surface area contributed by atoms with Gasteiger partial charge in [-0.2, -0.15) is 0 Å². The lowest BCUT2D eigenvalue weighted by Gasteiger charge is -2.35. The molecule has 1 atom stereocenters. The van der Waals surface area contributed by atoms with Crippen molar-refractivity contribution in [2.45, 2.75) is 72.0 Å². The molecule has 1 saturated heterocycles. The van der Waals surface area contributed by atoms with Gasteiger partial charge in [-0.3, -0.25) is 4.90 Å². The van der Waals surface area contributed by atoms with E-state index in [1.807, 2.05) is 0 Å². The van der Waals surface area contributed by atoms with Gasteiger partial charge in [0.15, 0.2) is 0 Å². The van der Waals surface area contributed by atoms with E-state index in [-0.39, 0.29) is 0 Å². The Morgan fingerprint density at radius 3 is 2.95 bits per heavy atom. The minimum atomic E-state index is 0.761. The number of piperidine rings is 1. The number of likely N-dealkylation sites (tertiary alicyclic amines) is 1. The number of aryl methyl sites for hydroxylation is 1. The van der Waals surface area contributed by atoms with Gasteiger partial charge in [0.05, 0.1) is 13.1 Å². The van der Waals surface area contributed by atoms with Crippen molar-refractivity contribution in [2.24, 2.45) is 0 Å². The van der Waals surface area contributed by atoms with E-state index in [2.05, 4.69) is 37.1 Å². The molecule has 0 aliphatic carbocycles. The number of nitrogens with zero attached hydrogens (tertiary/aromatic N) is 1. The molecule has 1 unspecified atom stereocenters. The molecule has 20 heavy (non-hydrogen) atoms. The normalized spacial score (nSPS) is 20.4. The molecule has 0 radical (unpaired) electrons. The van der Waals surface area contributed by atoms with Gasteiger partial charge < -0.3 is 9.73 Å². The van der Waals surface area contributed by atoms with Crippen LogP contribution in [0.5, 0.6) is 0 Å². The van der Waals surface area contributed by atoms with Crippen molar-refractivity contribution in [1.82, 2.24) is 10.2 Å². The van der Waals surface area contributed by atoms with Crippen LogP contribution in [-0.4, -0.2) is 24.0 Å². The van der Waals surface area contributed by atoms with Gasteiger partial charge in [0.25, 0.3) is 0 Å². The summed E-state index contributed by atoms with van der Waals surface area (Å²) >= 11 is 0. The predicted molar refractivity (Wildman–Crippen MR) is 83.8 cm³/mol. The summed E-state index contributed by atoms with van der Waals surface area (Å²) in [6, 6.07) is 2.99. The maximum absolute atomic E-state index is 6.04. The molecule has 3 heteroatoms. The average molecular weight is 278 g/mol. The Kier molecular flexibility index (Phi) is 6.11. The summed E-state index contributed by atoms with van der Waals surface area (Å²) in [7, 11) is 0. The lowest BCUT2D eigenvalue weighted by atomic mass is 9.98. The fourth-order valence-corrected chi connectivity index (χ4v) is 3.21. The standard InChI is InChI=1S/C17H30N2O/c1-4-8-15-9-6-7-10-19(15)13-16-11-14(3)17(20-16)12-18-5-2/h11,15,18H,4-10,12-13H2,1-3H3. The van der Waals surface area contributed by atoms with E-state index >= 15 is 0 Å². The molecular weight excluding hydrogens is 248 g/mol. The molecule has 0 saturated carbocycles. The Labute approximate surface area is 123 Å². The Morgan fingerprint density at radius 2 is 2.20 bits per heavy atom.